The maximum Gasteiger partial charge on any atom is 0.276 e. The van der Waals surface area contributed by atoms with Crippen LogP contribution >= 0.6 is 0 Å². The van der Waals surface area contributed by atoms with E-state index in [1.54, 1.807) is 11.6 Å². The SMILES string of the molecule is Cc1cccc(-n2ncc(C(=O)NNC(=O)COc3c(C)cccc3C)c2C)c1. The Balaban J connectivity index is 1.59. The summed E-state index contributed by atoms with van der Waals surface area (Å²) in [5.41, 5.74) is 9.69. The van der Waals surface area contributed by atoms with Gasteiger partial charge in [-0.2, -0.15) is 5.10 Å². The van der Waals surface area contributed by atoms with Gasteiger partial charge in [0.15, 0.2) is 6.61 Å². The fraction of sp³-hybridized carbons (Fsp3) is 0.227. The fourth-order valence-corrected chi connectivity index (χ4v) is 3.05. The Morgan fingerprint density at radius 1 is 1.00 bits per heavy atom. The van der Waals surface area contributed by atoms with Crippen LogP contribution in [0.5, 0.6) is 5.75 Å². The summed E-state index contributed by atoms with van der Waals surface area (Å²) < 4.78 is 7.27. The van der Waals surface area contributed by atoms with Crippen molar-refractivity contribution >= 4 is 11.8 Å². The van der Waals surface area contributed by atoms with Crippen molar-refractivity contribution in [2.24, 2.45) is 0 Å². The van der Waals surface area contributed by atoms with E-state index >= 15 is 0 Å². The molecule has 2 N–H and O–H groups in total. The molecule has 0 aliphatic carbocycles. The van der Waals surface area contributed by atoms with Gasteiger partial charge in [0.2, 0.25) is 0 Å². The molecule has 0 fully saturated rings. The first-order valence-corrected chi connectivity index (χ1v) is 9.26. The van der Waals surface area contributed by atoms with E-state index in [2.05, 4.69) is 16.0 Å². The molecule has 0 unspecified atom stereocenters. The van der Waals surface area contributed by atoms with Gasteiger partial charge in [-0.05, 0) is 56.5 Å². The Morgan fingerprint density at radius 2 is 1.69 bits per heavy atom. The molecule has 0 atom stereocenters. The van der Waals surface area contributed by atoms with E-state index in [0.29, 0.717) is 17.0 Å². The Kier molecular flexibility index (Phi) is 5.97. The van der Waals surface area contributed by atoms with Gasteiger partial charge in [-0.25, -0.2) is 4.68 Å². The third kappa shape index (κ3) is 4.63. The second kappa shape index (κ2) is 8.60. The number of rotatable bonds is 5. The lowest BCUT2D eigenvalue weighted by Crippen LogP contribution is -2.44. The zero-order valence-corrected chi connectivity index (χ0v) is 16.9. The average molecular weight is 392 g/mol. The third-order valence-corrected chi connectivity index (χ3v) is 4.57. The first-order valence-electron chi connectivity index (χ1n) is 9.26. The fourth-order valence-electron chi connectivity index (χ4n) is 3.05. The van der Waals surface area contributed by atoms with E-state index in [1.807, 2.05) is 63.2 Å². The summed E-state index contributed by atoms with van der Waals surface area (Å²) >= 11 is 0. The number of carbonyl (C=O) groups is 2. The van der Waals surface area contributed by atoms with Crippen molar-refractivity contribution in [1.82, 2.24) is 20.6 Å². The highest BCUT2D eigenvalue weighted by Gasteiger charge is 2.16. The molecule has 7 nitrogen and oxygen atoms in total. The van der Waals surface area contributed by atoms with E-state index < -0.39 is 11.8 Å². The summed E-state index contributed by atoms with van der Waals surface area (Å²) in [6, 6.07) is 13.6. The second-order valence-corrected chi connectivity index (χ2v) is 6.91. The highest BCUT2D eigenvalue weighted by atomic mass is 16.5. The van der Waals surface area contributed by atoms with Gasteiger partial charge in [-0.3, -0.25) is 20.4 Å². The molecular weight excluding hydrogens is 368 g/mol. The molecule has 2 aromatic carbocycles. The van der Waals surface area contributed by atoms with Crippen molar-refractivity contribution < 1.29 is 14.3 Å². The van der Waals surface area contributed by atoms with Crippen LogP contribution in [0, 0.1) is 27.7 Å². The van der Waals surface area contributed by atoms with E-state index in [0.717, 1.165) is 22.4 Å². The van der Waals surface area contributed by atoms with Gasteiger partial charge >= 0.3 is 0 Å². The monoisotopic (exact) mass is 392 g/mol. The minimum atomic E-state index is -0.454. The molecule has 0 bridgehead atoms. The van der Waals surface area contributed by atoms with Crippen molar-refractivity contribution in [3.8, 4) is 11.4 Å². The van der Waals surface area contributed by atoms with Crippen LogP contribution in [0.3, 0.4) is 0 Å². The van der Waals surface area contributed by atoms with Crippen LogP contribution in [-0.2, 0) is 4.79 Å². The van der Waals surface area contributed by atoms with Gasteiger partial charge in [0.1, 0.15) is 5.75 Å². The molecule has 1 heterocycles. The quantitative estimate of drug-likeness (QED) is 0.654. The predicted molar refractivity (Wildman–Crippen MR) is 110 cm³/mol. The second-order valence-electron chi connectivity index (χ2n) is 6.91. The van der Waals surface area contributed by atoms with E-state index in [4.69, 9.17) is 4.74 Å². The van der Waals surface area contributed by atoms with Crippen LogP contribution in [0.4, 0.5) is 0 Å². The van der Waals surface area contributed by atoms with Crippen molar-refractivity contribution in [1.29, 1.82) is 0 Å². The summed E-state index contributed by atoms with van der Waals surface area (Å²) in [4.78, 5) is 24.5. The highest BCUT2D eigenvalue weighted by Crippen LogP contribution is 2.22. The zero-order valence-electron chi connectivity index (χ0n) is 16.9. The molecule has 0 aliphatic rings. The van der Waals surface area contributed by atoms with E-state index in [9.17, 15) is 9.59 Å². The molecule has 0 radical (unpaired) electrons. The number of carbonyl (C=O) groups excluding carboxylic acids is 2. The molecule has 3 rings (SSSR count). The minimum Gasteiger partial charge on any atom is -0.483 e. The van der Waals surface area contributed by atoms with Crippen molar-refractivity contribution in [3.05, 3.63) is 76.6 Å². The number of amides is 2. The summed E-state index contributed by atoms with van der Waals surface area (Å²) in [5, 5.41) is 4.29. The maximum absolute atomic E-state index is 12.4. The van der Waals surface area contributed by atoms with Gasteiger partial charge in [0, 0.05) is 0 Å². The molecule has 0 saturated carbocycles. The average Bonchev–Trinajstić information content (AvgIpc) is 3.07. The van der Waals surface area contributed by atoms with Crippen LogP contribution in [0.1, 0.15) is 32.7 Å². The molecular formula is C22H24N4O3. The molecule has 7 heteroatoms. The highest BCUT2D eigenvalue weighted by molar-refractivity contribution is 5.96. The van der Waals surface area contributed by atoms with E-state index in [-0.39, 0.29) is 6.61 Å². The van der Waals surface area contributed by atoms with E-state index in [1.165, 1.54) is 6.20 Å². The number of hydrogen-bond acceptors (Lipinski definition) is 4. The van der Waals surface area contributed by atoms with Crippen LogP contribution < -0.4 is 15.6 Å². The number of aryl methyl sites for hydroxylation is 3. The smallest absolute Gasteiger partial charge is 0.276 e. The Morgan fingerprint density at radius 3 is 2.38 bits per heavy atom. The number of ether oxygens (including phenoxy) is 1. The van der Waals surface area contributed by atoms with Crippen molar-refractivity contribution in [3.63, 3.8) is 0 Å². The van der Waals surface area contributed by atoms with Gasteiger partial charge in [-0.1, -0.05) is 30.3 Å². The standard InChI is InChI=1S/C22H24N4O3/c1-14-7-5-10-18(11-14)26-17(4)19(12-23-26)22(28)25-24-20(27)13-29-21-15(2)8-6-9-16(21)3/h5-12H,13H2,1-4H3,(H,24,27)(H,25,28). The number of nitrogens with one attached hydrogen (secondary N) is 2. The molecule has 1 aromatic heterocycles. The molecule has 2 amide bonds. The molecule has 0 spiro atoms. The van der Waals surface area contributed by atoms with Crippen molar-refractivity contribution in [2.75, 3.05) is 6.61 Å². The van der Waals surface area contributed by atoms with Crippen LogP contribution in [0.2, 0.25) is 0 Å². The zero-order chi connectivity index (χ0) is 21.0. The van der Waals surface area contributed by atoms with Gasteiger partial charge in [0.05, 0.1) is 23.1 Å². The Labute approximate surface area is 169 Å². The lowest BCUT2D eigenvalue weighted by atomic mass is 10.1. The number of hydrogen-bond donors (Lipinski definition) is 2. The lowest BCUT2D eigenvalue weighted by molar-refractivity contribution is -0.123. The first kappa shape index (κ1) is 20.1. The number of nitrogens with zero attached hydrogens (tertiary/aromatic N) is 2. The minimum absolute atomic E-state index is 0.201. The third-order valence-electron chi connectivity index (χ3n) is 4.57. The van der Waals surface area contributed by atoms with Gasteiger partial charge < -0.3 is 4.74 Å². The summed E-state index contributed by atoms with van der Waals surface area (Å²) in [6.07, 6.45) is 1.48. The number of para-hydroxylation sites is 1. The Bertz CT molecular complexity index is 1040. The van der Waals surface area contributed by atoms with Gasteiger partial charge in [0.25, 0.3) is 11.8 Å². The number of aromatic nitrogens is 2. The normalized spacial score (nSPS) is 10.5. The molecule has 29 heavy (non-hydrogen) atoms. The molecule has 0 saturated heterocycles. The lowest BCUT2D eigenvalue weighted by Gasteiger charge is -2.12. The van der Waals surface area contributed by atoms with Crippen molar-refractivity contribution in [2.45, 2.75) is 27.7 Å². The summed E-state index contributed by atoms with van der Waals surface area (Å²) in [7, 11) is 0. The van der Waals surface area contributed by atoms with Crippen LogP contribution in [0.15, 0.2) is 48.7 Å². The summed E-state index contributed by atoms with van der Waals surface area (Å²) in [5.74, 6) is -0.226. The first-order chi connectivity index (χ1) is 13.9. The topological polar surface area (TPSA) is 85.3 Å². The maximum atomic E-state index is 12.4. The molecule has 3 aromatic rings. The predicted octanol–water partition coefficient (Wildman–Crippen LogP) is 2.95. The molecule has 150 valence electrons. The number of hydrazine groups is 1. The van der Waals surface area contributed by atoms with Crippen LogP contribution in [0.25, 0.3) is 5.69 Å². The molecule has 0 aliphatic heterocycles. The van der Waals surface area contributed by atoms with Gasteiger partial charge in [-0.15, -0.1) is 0 Å². The van der Waals surface area contributed by atoms with Crippen LogP contribution in [-0.4, -0.2) is 28.2 Å². The number of benzene rings is 2. The summed E-state index contributed by atoms with van der Waals surface area (Å²) in [6.45, 7) is 7.42. The Hall–Kier alpha value is -3.61. The largest absolute Gasteiger partial charge is 0.483 e.